The fourth-order valence-electron chi connectivity index (χ4n) is 1.77. The van der Waals surface area contributed by atoms with E-state index in [4.69, 9.17) is 18.0 Å². The van der Waals surface area contributed by atoms with E-state index in [1.165, 1.54) is 11.1 Å². The first-order chi connectivity index (χ1) is 6.27. The van der Waals surface area contributed by atoms with Crippen LogP contribution in [-0.4, -0.2) is 11.7 Å². The van der Waals surface area contributed by atoms with Crippen LogP contribution in [0.5, 0.6) is 0 Å². The number of nitrogens with one attached hydrogen (secondary N) is 1. The van der Waals surface area contributed by atoms with Gasteiger partial charge in [-0.2, -0.15) is 0 Å². The van der Waals surface area contributed by atoms with Crippen molar-refractivity contribution in [2.45, 2.75) is 12.3 Å². The van der Waals surface area contributed by atoms with Crippen LogP contribution in [0.15, 0.2) is 24.3 Å². The first-order valence-corrected chi connectivity index (χ1v) is 4.79. The van der Waals surface area contributed by atoms with Crippen LogP contribution in [0.2, 0.25) is 0 Å². The second-order valence-electron chi connectivity index (χ2n) is 3.35. The van der Waals surface area contributed by atoms with Crippen molar-refractivity contribution in [3.8, 4) is 0 Å². The van der Waals surface area contributed by atoms with Crippen molar-refractivity contribution in [2.24, 2.45) is 5.73 Å². The molecule has 0 bridgehead atoms. The number of fused-ring (bicyclic) bond motifs is 1. The average molecular weight is 192 g/mol. The summed E-state index contributed by atoms with van der Waals surface area (Å²) in [4.78, 5) is 0. The summed E-state index contributed by atoms with van der Waals surface area (Å²) in [7, 11) is 0. The Kier molecular flexibility index (Phi) is 2.19. The lowest BCUT2D eigenvalue weighted by atomic mass is 9.78. The summed E-state index contributed by atoms with van der Waals surface area (Å²) < 4.78 is 0. The monoisotopic (exact) mass is 192 g/mol. The van der Waals surface area contributed by atoms with Crippen LogP contribution < -0.4 is 11.1 Å². The van der Waals surface area contributed by atoms with Crippen molar-refractivity contribution in [1.82, 2.24) is 5.32 Å². The maximum absolute atomic E-state index is 5.36. The minimum Gasteiger partial charge on any atom is -0.376 e. The molecule has 0 heterocycles. The van der Waals surface area contributed by atoms with E-state index in [-0.39, 0.29) is 0 Å². The Labute approximate surface area is 83.1 Å². The number of hydrogen-bond donors (Lipinski definition) is 2. The summed E-state index contributed by atoms with van der Waals surface area (Å²) in [5, 5.41) is 3.39. The third-order valence-electron chi connectivity index (χ3n) is 2.48. The number of benzene rings is 1. The van der Waals surface area contributed by atoms with Crippen molar-refractivity contribution in [3.63, 3.8) is 0 Å². The Bertz CT molecular complexity index is 335. The van der Waals surface area contributed by atoms with E-state index in [9.17, 15) is 0 Å². The molecule has 68 valence electrons. The Morgan fingerprint density at radius 3 is 3.00 bits per heavy atom. The Balaban J connectivity index is 1.98. The van der Waals surface area contributed by atoms with Gasteiger partial charge in [0.25, 0.3) is 0 Å². The van der Waals surface area contributed by atoms with E-state index in [1.807, 2.05) is 0 Å². The second-order valence-corrected chi connectivity index (χ2v) is 3.78. The molecular formula is C10H12N2S. The molecule has 1 aromatic carbocycles. The molecule has 3 N–H and O–H groups in total. The van der Waals surface area contributed by atoms with Gasteiger partial charge in [0.15, 0.2) is 5.11 Å². The summed E-state index contributed by atoms with van der Waals surface area (Å²) in [5.74, 6) is 0.595. The Morgan fingerprint density at radius 1 is 1.54 bits per heavy atom. The average Bonchev–Trinajstić information content (AvgIpc) is 2.06. The van der Waals surface area contributed by atoms with Crippen LogP contribution >= 0.6 is 12.2 Å². The van der Waals surface area contributed by atoms with E-state index >= 15 is 0 Å². The molecule has 1 atom stereocenters. The first kappa shape index (κ1) is 8.51. The van der Waals surface area contributed by atoms with Gasteiger partial charge in [-0.05, 0) is 29.8 Å². The van der Waals surface area contributed by atoms with Gasteiger partial charge in [-0.15, -0.1) is 0 Å². The summed E-state index contributed by atoms with van der Waals surface area (Å²) in [6, 6.07) is 8.50. The van der Waals surface area contributed by atoms with Crippen LogP contribution in [0.25, 0.3) is 0 Å². The molecule has 0 spiro atoms. The quantitative estimate of drug-likeness (QED) is 0.691. The highest BCUT2D eigenvalue weighted by Gasteiger charge is 2.24. The molecule has 0 aliphatic heterocycles. The zero-order chi connectivity index (χ0) is 9.26. The molecule has 0 amide bonds. The molecule has 2 nitrogen and oxygen atoms in total. The van der Waals surface area contributed by atoms with Gasteiger partial charge in [-0.25, -0.2) is 0 Å². The highest BCUT2D eigenvalue weighted by atomic mass is 32.1. The predicted octanol–water partition coefficient (Wildman–Crippen LogP) is 1.16. The topological polar surface area (TPSA) is 38.0 Å². The molecule has 0 fully saturated rings. The summed E-state index contributed by atoms with van der Waals surface area (Å²) in [5.41, 5.74) is 8.25. The smallest absolute Gasteiger partial charge is 0.163 e. The molecule has 0 saturated carbocycles. The molecule has 1 aromatic rings. The molecule has 1 aliphatic rings. The molecule has 0 saturated heterocycles. The lowest BCUT2D eigenvalue weighted by molar-refractivity contribution is 0.591. The molecule has 2 rings (SSSR count). The SMILES string of the molecule is NC(=S)NCC1Cc2ccccc21. The summed E-state index contributed by atoms with van der Waals surface area (Å²) in [6.07, 6.45) is 1.14. The van der Waals surface area contributed by atoms with Crippen LogP contribution in [0, 0.1) is 0 Å². The highest BCUT2D eigenvalue weighted by molar-refractivity contribution is 7.80. The molecular weight excluding hydrogens is 180 g/mol. The number of hydrogen-bond acceptors (Lipinski definition) is 1. The standard InChI is InChI=1S/C10H12N2S/c11-10(13)12-6-8-5-7-3-1-2-4-9(7)8/h1-4,8H,5-6H2,(H3,11,12,13). The zero-order valence-corrected chi connectivity index (χ0v) is 8.10. The number of rotatable bonds is 2. The third kappa shape index (κ3) is 1.65. The zero-order valence-electron chi connectivity index (χ0n) is 7.29. The van der Waals surface area contributed by atoms with Crippen LogP contribution in [-0.2, 0) is 6.42 Å². The van der Waals surface area contributed by atoms with Crippen molar-refractivity contribution in [1.29, 1.82) is 0 Å². The third-order valence-corrected chi connectivity index (χ3v) is 2.63. The van der Waals surface area contributed by atoms with E-state index in [0.29, 0.717) is 11.0 Å². The van der Waals surface area contributed by atoms with E-state index in [1.54, 1.807) is 0 Å². The first-order valence-electron chi connectivity index (χ1n) is 4.38. The molecule has 1 unspecified atom stereocenters. The maximum atomic E-state index is 5.36. The van der Waals surface area contributed by atoms with Gasteiger partial charge in [0.1, 0.15) is 0 Å². The van der Waals surface area contributed by atoms with Gasteiger partial charge in [0, 0.05) is 12.5 Å². The van der Waals surface area contributed by atoms with Gasteiger partial charge in [-0.3, -0.25) is 0 Å². The van der Waals surface area contributed by atoms with Gasteiger partial charge in [0.2, 0.25) is 0 Å². The second kappa shape index (κ2) is 3.34. The minimum absolute atomic E-state index is 0.393. The molecule has 3 heteroatoms. The lowest BCUT2D eigenvalue weighted by Gasteiger charge is -2.30. The number of thiocarbonyl (C=S) groups is 1. The molecule has 0 radical (unpaired) electrons. The van der Waals surface area contributed by atoms with Crippen LogP contribution in [0.4, 0.5) is 0 Å². The highest BCUT2D eigenvalue weighted by Crippen LogP contribution is 2.33. The molecule has 1 aliphatic carbocycles. The van der Waals surface area contributed by atoms with Crippen LogP contribution in [0.3, 0.4) is 0 Å². The van der Waals surface area contributed by atoms with Gasteiger partial charge < -0.3 is 11.1 Å². The van der Waals surface area contributed by atoms with Gasteiger partial charge in [-0.1, -0.05) is 24.3 Å². The van der Waals surface area contributed by atoms with Gasteiger partial charge >= 0.3 is 0 Å². The summed E-state index contributed by atoms with van der Waals surface area (Å²) >= 11 is 4.75. The number of nitrogens with two attached hydrogens (primary N) is 1. The summed E-state index contributed by atoms with van der Waals surface area (Å²) in [6.45, 7) is 0.867. The van der Waals surface area contributed by atoms with E-state index in [2.05, 4.69) is 29.6 Å². The van der Waals surface area contributed by atoms with Gasteiger partial charge in [0.05, 0.1) is 0 Å². The molecule has 13 heavy (non-hydrogen) atoms. The van der Waals surface area contributed by atoms with Crippen LogP contribution in [0.1, 0.15) is 17.0 Å². The minimum atomic E-state index is 0.393. The van der Waals surface area contributed by atoms with Crippen molar-refractivity contribution in [3.05, 3.63) is 35.4 Å². The molecule has 0 aromatic heterocycles. The maximum Gasteiger partial charge on any atom is 0.163 e. The van der Waals surface area contributed by atoms with Crippen molar-refractivity contribution in [2.75, 3.05) is 6.54 Å². The van der Waals surface area contributed by atoms with E-state index in [0.717, 1.165) is 13.0 Å². The lowest BCUT2D eigenvalue weighted by Crippen LogP contribution is -2.36. The largest absolute Gasteiger partial charge is 0.376 e. The fraction of sp³-hybridized carbons (Fsp3) is 0.300. The van der Waals surface area contributed by atoms with E-state index < -0.39 is 0 Å². The Morgan fingerprint density at radius 2 is 2.31 bits per heavy atom. The predicted molar refractivity (Wildman–Crippen MR) is 57.7 cm³/mol. The normalized spacial score (nSPS) is 18.6. The Hall–Kier alpha value is -1.09. The fourth-order valence-corrected chi connectivity index (χ4v) is 1.85. The van der Waals surface area contributed by atoms with Crippen molar-refractivity contribution < 1.29 is 0 Å². The van der Waals surface area contributed by atoms with Crippen molar-refractivity contribution >= 4 is 17.3 Å².